The maximum Gasteiger partial charge on any atom is 0.191 e. The summed E-state index contributed by atoms with van der Waals surface area (Å²) in [6.45, 7) is 8.46. The maximum atomic E-state index is 13.4. The summed E-state index contributed by atoms with van der Waals surface area (Å²) in [6, 6.07) is 14.9. The zero-order chi connectivity index (χ0) is 22.1. The van der Waals surface area contributed by atoms with Crippen molar-refractivity contribution in [2.75, 3.05) is 39.9 Å². The molecule has 31 heavy (non-hydrogen) atoms. The summed E-state index contributed by atoms with van der Waals surface area (Å²) in [5.74, 6) is 1.37. The number of morpholine rings is 1. The molecule has 7 heteroatoms. The van der Waals surface area contributed by atoms with Gasteiger partial charge in [-0.2, -0.15) is 0 Å². The summed E-state index contributed by atoms with van der Waals surface area (Å²) in [4.78, 5) is 6.72. The predicted octanol–water partition coefficient (Wildman–Crippen LogP) is 3.35. The van der Waals surface area contributed by atoms with Gasteiger partial charge < -0.3 is 20.1 Å². The maximum absolute atomic E-state index is 13.4. The first kappa shape index (κ1) is 23.0. The number of guanidine groups is 1. The van der Waals surface area contributed by atoms with Gasteiger partial charge in [-0.15, -0.1) is 0 Å². The van der Waals surface area contributed by atoms with E-state index in [9.17, 15) is 4.39 Å². The van der Waals surface area contributed by atoms with E-state index in [1.54, 1.807) is 7.05 Å². The minimum atomic E-state index is -0.222. The van der Waals surface area contributed by atoms with Crippen molar-refractivity contribution in [3.05, 3.63) is 65.5 Å². The van der Waals surface area contributed by atoms with Crippen LogP contribution in [0.4, 0.5) is 4.39 Å². The Bertz CT molecular complexity index is 818. The van der Waals surface area contributed by atoms with E-state index in [1.165, 1.54) is 12.1 Å². The molecule has 1 saturated heterocycles. The lowest BCUT2D eigenvalue weighted by molar-refractivity contribution is 0.0170. The van der Waals surface area contributed by atoms with Crippen molar-refractivity contribution in [1.82, 2.24) is 15.5 Å². The Balaban J connectivity index is 1.58. The van der Waals surface area contributed by atoms with E-state index in [4.69, 9.17) is 9.47 Å². The highest BCUT2D eigenvalue weighted by Crippen LogP contribution is 2.21. The number of hydrogen-bond donors (Lipinski definition) is 2. The SMILES string of the molecule is CN=C(NCc1ccc(OC(C)C)cc1)NCC(c1ccc(F)cc1)N1CCOCC1. The van der Waals surface area contributed by atoms with Gasteiger partial charge in [-0.1, -0.05) is 24.3 Å². The fraction of sp³-hybridized carbons (Fsp3) is 0.458. The van der Waals surface area contributed by atoms with Crippen molar-refractivity contribution >= 4 is 5.96 Å². The molecule has 0 bridgehead atoms. The van der Waals surface area contributed by atoms with Crippen LogP contribution < -0.4 is 15.4 Å². The molecular weight excluding hydrogens is 395 g/mol. The van der Waals surface area contributed by atoms with E-state index < -0.39 is 0 Å². The van der Waals surface area contributed by atoms with E-state index in [1.807, 2.05) is 50.2 Å². The molecule has 1 unspecified atom stereocenters. The molecule has 0 aliphatic carbocycles. The van der Waals surface area contributed by atoms with Crippen molar-refractivity contribution in [3.63, 3.8) is 0 Å². The molecule has 6 nitrogen and oxygen atoms in total. The quantitative estimate of drug-likeness (QED) is 0.499. The third kappa shape index (κ3) is 7.22. The summed E-state index contributed by atoms with van der Waals surface area (Å²) in [7, 11) is 1.76. The average Bonchev–Trinajstić information content (AvgIpc) is 2.78. The lowest BCUT2D eigenvalue weighted by Crippen LogP contribution is -2.46. The van der Waals surface area contributed by atoms with Crippen molar-refractivity contribution in [2.45, 2.75) is 32.5 Å². The van der Waals surface area contributed by atoms with E-state index in [0.29, 0.717) is 26.3 Å². The lowest BCUT2D eigenvalue weighted by atomic mass is 10.0. The Hall–Kier alpha value is -2.64. The van der Waals surface area contributed by atoms with Gasteiger partial charge in [0.1, 0.15) is 11.6 Å². The van der Waals surface area contributed by atoms with Gasteiger partial charge in [0.15, 0.2) is 5.96 Å². The average molecular weight is 429 g/mol. The van der Waals surface area contributed by atoms with Crippen molar-refractivity contribution in [3.8, 4) is 5.75 Å². The second-order valence-electron chi connectivity index (χ2n) is 7.83. The summed E-state index contributed by atoms with van der Waals surface area (Å²) in [5.41, 5.74) is 2.22. The highest BCUT2D eigenvalue weighted by atomic mass is 19.1. The summed E-state index contributed by atoms with van der Waals surface area (Å²) < 4.78 is 24.6. The Morgan fingerprint density at radius 1 is 1.06 bits per heavy atom. The van der Waals surface area contributed by atoms with Crippen LogP contribution in [0.25, 0.3) is 0 Å². The smallest absolute Gasteiger partial charge is 0.191 e. The Kier molecular flexibility index (Phi) is 8.67. The van der Waals surface area contributed by atoms with E-state index in [-0.39, 0.29) is 18.0 Å². The number of hydrogen-bond acceptors (Lipinski definition) is 4. The van der Waals surface area contributed by atoms with Crippen LogP contribution in [0.15, 0.2) is 53.5 Å². The molecule has 2 aromatic rings. The van der Waals surface area contributed by atoms with Crippen LogP contribution in [-0.4, -0.2) is 56.9 Å². The molecule has 0 amide bonds. The summed E-state index contributed by atoms with van der Waals surface area (Å²) in [5, 5.41) is 6.79. The normalized spacial score (nSPS) is 16.2. The van der Waals surface area contributed by atoms with Gasteiger partial charge in [0.2, 0.25) is 0 Å². The van der Waals surface area contributed by atoms with Crippen molar-refractivity contribution in [1.29, 1.82) is 0 Å². The minimum Gasteiger partial charge on any atom is -0.491 e. The monoisotopic (exact) mass is 428 g/mol. The molecule has 2 aromatic carbocycles. The number of nitrogens with one attached hydrogen (secondary N) is 2. The molecule has 3 rings (SSSR count). The van der Waals surface area contributed by atoms with Crippen molar-refractivity contribution in [2.24, 2.45) is 4.99 Å². The Morgan fingerprint density at radius 2 is 1.74 bits per heavy atom. The minimum absolute atomic E-state index is 0.107. The van der Waals surface area contributed by atoms with Gasteiger partial charge in [0.05, 0.1) is 25.4 Å². The number of benzene rings is 2. The molecule has 0 radical (unpaired) electrons. The van der Waals surface area contributed by atoms with Crippen molar-refractivity contribution < 1.29 is 13.9 Å². The van der Waals surface area contributed by atoms with Crippen LogP contribution in [-0.2, 0) is 11.3 Å². The molecule has 1 aliphatic heterocycles. The number of nitrogens with zero attached hydrogens (tertiary/aromatic N) is 2. The largest absolute Gasteiger partial charge is 0.491 e. The van der Waals surface area contributed by atoms with Gasteiger partial charge in [-0.05, 0) is 49.2 Å². The number of ether oxygens (including phenoxy) is 2. The van der Waals surface area contributed by atoms with Crippen LogP contribution in [0.5, 0.6) is 5.75 Å². The van der Waals surface area contributed by atoms with E-state index >= 15 is 0 Å². The zero-order valence-corrected chi connectivity index (χ0v) is 18.6. The molecule has 0 spiro atoms. The Morgan fingerprint density at radius 3 is 2.35 bits per heavy atom. The van der Waals surface area contributed by atoms with Gasteiger partial charge in [-0.3, -0.25) is 9.89 Å². The van der Waals surface area contributed by atoms with Gasteiger partial charge >= 0.3 is 0 Å². The summed E-state index contributed by atoms with van der Waals surface area (Å²) in [6.07, 6.45) is 0.160. The third-order valence-electron chi connectivity index (χ3n) is 5.18. The van der Waals surface area contributed by atoms with Crippen LogP contribution in [0.3, 0.4) is 0 Å². The molecule has 1 fully saturated rings. The van der Waals surface area contributed by atoms with Crippen LogP contribution in [0.1, 0.15) is 31.0 Å². The third-order valence-corrected chi connectivity index (χ3v) is 5.18. The van der Waals surface area contributed by atoms with E-state index in [0.717, 1.165) is 35.9 Å². The van der Waals surface area contributed by atoms with Gasteiger partial charge in [-0.25, -0.2) is 4.39 Å². The molecular formula is C24H33FN4O2. The number of rotatable bonds is 8. The molecule has 1 aliphatic rings. The lowest BCUT2D eigenvalue weighted by Gasteiger charge is -2.35. The predicted molar refractivity (Wildman–Crippen MR) is 122 cm³/mol. The molecule has 1 atom stereocenters. The molecule has 2 N–H and O–H groups in total. The first-order valence-electron chi connectivity index (χ1n) is 10.8. The van der Waals surface area contributed by atoms with E-state index in [2.05, 4.69) is 20.5 Å². The second kappa shape index (κ2) is 11.7. The summed E-state index contributed by atoms with van der Waals surface area (Å²) >= 11 is 0. The first-order chi connectivity index (χ1) is 15.0. The second-order valence-corrected chi connectivity index (χ2v) is 7.83. The standard InChI is InChI=1S/C24H33FN4O2/c1-18(2)31-22-10-4-19(5-11-22)16-27-24(26-3)28-17-23(29-12-14-30-15-13-29)20-6-8-21(25)9-7-20/h4-11,18,23H,12-17H2,1-3H3,(H2,26,27,28). The molecule has 0 aromatic heterocycles. The van der Waals surface area contributed by atoms with Crippen LogP contribution in [0.2, 0.25) is 0 Å². The fourth-order valence-electron chi connectivity index (χ4n) is 3.59. The first-order valence-corrected chi connectivity index (χ1v) is 10.8. The number of aliphatic imine (C=N–C) groups is 1. The fourth-order valence-corrected chi connectivity index (χ4v) is 3.59. The molecule has 168 valence electrons. The van der Waals surface area contributed by atoms with Gasteiger partial charge in [0.25, 0.3) is 0 Å². The zero-order valence-electron chi connectivity index (χ0n) is 18.6. The molecule has 0 saturated carbocycles. The van der Waals surface area contributed by atoms with Gasteiger partial charge in [0, 0.05) is 33.2 Å². The topological polar surface area (TPSA) is 58.1 Å². The van der Waals surface area contributed by atoms with Crippen LogP contribution >= 0.6 is 0 Å². The van der Waals surface area contributed by atoms with Crippen LogP contribution in [0, 0.1) is 5.82 Å². The molecule has 1 heterocycles. The number of halogens is 1. The highest BCUT2D eigenvalue weighted by molar-refractivity contribution is 5.79. The highest BCUT2D eigenvalue weighted by Gasteiger charge is 2.23. The Labute approximate surface area is 184 Å².